The lowest BCUT2D eigenvalue weighted by Gasteiger charge is -2.36. The molecule has 12 heteroatoms. The summed E-state index contributed by atoms with van der Waals surface area (Å²) in [5.41, 5.74) is 1.92. The van der Waals surface area contributed by atoms with Gasteiger partial charge in [0.2, 0.25) is 0 Å². The second-order valence-corrected chi connectivity index (χ2v) is 8.76. The van der Waals surface area contributed by atoms with E-state index in [9.17, 15) is 19.7 Å². The number of anilines is 1. The summed E-state index contributed by atoms with van der Waals surface area (Å²) in [6.07, 6.45) is 1.59. The number of amides is 1. The van der Waals surface area contributed by atoms with Gasteiger partial charge in [0.05, 0.1) is 16.2 Å². The van der Waals surface area contributed by atoms with Crippen molar-refractivity contribution in [1.82, 2.24) is 15.0 Å². The quantitative estimate of drug-likeness (QED) is 0.198. The van der Waals surface area contributed by atoms with E-state index in [1.807, 2.05) is 6.07 Å². The maximum absolute atomic E-state index is 12.6. The van der Waals surface area contributed by atoms with Crippen LogP contribution in [0, 0.1) is 17.0 Å². The van der Waals surface area contributed by atoms with Crippen molar-refractivity contribution in [3.8, 4) is 0 Å². The van der Waals surface area contributed by atoms with Crippen LogP contribution < -0.4 is 4.90 Å². The number of rotatable bonds is 8. The fourth-order valence-electron chi connectivity index (χ4n) is 3.59. The van der Waals surface area contributed by atoms with Gasteiger partial charge in [0.15, 0.2) is 6.61 Å². The number of ether oxygens (including phenoxy) is 1. The van der Waals surface area contributed by atoms with Crippen molar-refractivity contribution in [3.63, 3.8) is 0 Å². The van der Waals surface area contributed by atoms with Crippen LogP contribution in [0.2, 0.25) is 0 Å². The largest absolute Gasteiger partial charge is 0.452 e. The molecule has 182 valence electrons. The van der Waals surface area contributed by atoms with Crippen LogP contribution in [-0.2, 0) is 15.3 Å². The molecule has 11 nitrogen and oxygen atoms in total. The standard InChI is InChI=1S/C23H23N5O6S/c1-16-13-17(25-34-16)15-35-22-20(3-2-8-24-22)23(30)33-14-21(29)27-11-9-26(10-12-27)18-4-6-19(7-5-18)28(31)32/h2-8,13H,9-12,14-15H2,1H3. The highest BCUT2D eigenvalue weighted by molar-refractivity contribution is 7.98. The van der Waals surface area contributed by atoms with Crippen molar-refractivity contribution < 1.29 is 23.8 Å². The van der Waals surface area contributed by atoms with Gasteiger partial charge < -0.3 is 19.1 Å². The Bertz CT molecular complexity index is 1210. The molecule has 0 atom stereocenters. The molecule has 2 aromatic heterocycles. The van der Waals surface area contributed by atoms with Gasteiger partial charge in [-0.25, -0.2) is 9.78 Å². The monoisotopic (exact) mass is 497 g/mol. The van der Waals surface area contributed by atoms with Crippen LogP contribution >= 0.6 is 11.8 Å². The van der Waals surface area contributed by atoms with E-state index in [-0.39, 0.29) is 23.8 Å². The molecule has 3 aromatic rings. The molecule has 1 aliphatic rings. The third kappa shape index (κ3) is 6.15. The minimum atomic E-state index is -0.616. The smallest absolute Gasteiger partial charge is 0.341 e. The van der Waals surface area contributed by atoms with Crippen molar-refractivity contribution in [2.24, 2.45) is 0 Å². The van der Waals surface area contributed by atoms with Gasteiger partial charge in [-0.1, -0.05) is 16.9 Å². The number of nitrogens with zero attached hydrogens (tertiary/aromatic N) is 5. The molecular weight excluding hydrogens is 474 g/mol. The summed E-state index contributed by atoms with van der Waals surface area (Å²) in [6.45, 7) is 3.50. The minimum Gasteiger partial charge on any atom is -0.452 e. The van der Waals surface area contributed by atoms with Gasteiger partial charge in [-0.05, 0) is 31.2 Å². The van der Waals surface area contributed by atoms with E-state index in [1.165, 1.54) is 23.9 Å². The first-order valence-electron chi connectivity index (χ1n) is 10.8. The molecule has 1 fully saturated rings. The topological polar surface area (TPSA) is 132 Å². The fourth-order valence-corrected chi connectivity index (χ4v) is 4.45. The third-order valence-corrected chi connectivity index (χ3v) is 6.45. The number of non-ortho nitro benzene ring substituents is 1. The Morgan fingerprint density at radius 1 is 1.17 bits per heavy atom. The Hall–Kier alpha value is -3.93. The fraction of sp³-hybridized carbons (Fsp3) is 0.304. The molecule has 35 heavy (non-hydrogen) atoms. The van der Waals surface area contributed by atoms with Crippen LogP contribution in [0.15, 0.2) is 58.2 Å². The normalized spacial score (nSPS) is 13.5. The van der Waals surface area contributed by atoms with E-state index in [4.69, 9.17) is 9.26 Å². The summed E-state index contributed by atoms with van der Waals surface area (Å²) >= 11 is 1.33. The molecule has 1 saturated heterocycles. The van der Waals surface area contributed by atoms with Crippen LogP contribution in [0.3, 0.4) is 0 Å². The number of pyridine rings is 1. The maximum Gasteiger partial charge on any atom is 0.341 e. The van der Waals surface area contributed by atoms with E-state index in [1.54, 1.807) is 42.3 Å². The molecule has 3 heterocycles. The van der Waals surface area contributed by atoms with E-state index in [0.717, 1.165) is 11.4 Å². The van der Waals surface area contributed by atoms with E-state index >= 15 is 0 Å². The summed E-state index contributed by atoms with van der Waals surface area (Å²) in [4.78, 5) is 43.6. The zero-order valence-electron chi connectivity index (χ0n) is 19.0. The molecule has 0 unspecified atom stereocenters. The number of carbonyl (C=O) groups is 2. The second kappa shape index (κ2) is 11.0. The first-order valence-corrected chi connectivity index (χ1v) is 11.8. The van der Waals surface area contributed by atoms with Gasteiger partial charge in [0, 0.05) is 62.0 Å². The van der Waals surface area contributed by atoms with Crippen molar-refractivity contribution in [2.45, 2.75) is 17.7 Å². The lowest BCUT2D eigenvalue weighted by atomic mass is 10.2. The summed E-state index contributed by atoms with van der Waals surface area (Å²) in [6, 6.07) is 11.4. The van der Waals surface area contributed by atoms with Gasteiger partial charge in [-0.15, -0.1) is 0 Å². The highest BCUT2D eigenvalue weighted by atomic mass is 32.2. The zero-order chi connectivity index (χ0) is 24.8. The summed E-state index contributed by atoms with van der Waals surface area (Å²) < 4.78 is 10.3. The molecule has 0 N–H and O–H groups in total. The predicted molar refractivity (Wildman–Crippen MR) is 127 cm³/mol. The van der Waals surface area contributed by atoms with Crippen LogP contribution in [0.25, 0.3) is 0 Å². The molecule has 1 aromatic carbocycles. The number of aromatic nitrogens is 2. The Kier molecular flexibility index (Phi) is 7.60. The SMILES string of the molecule is Cc1cc(CSc2ncccc2C(=O)OCC(=O)N2CCN(c3ccc([N+](=O)[O-])cc3)CC2)no1. The highest BCUT2D eigenvalue weighted by Crippen LogP contribution is 2.25. The average molecular weight is 498 g/mol. The lowest BCUT2D eigenvalue weighted by molar-refractivity contribution is -0.384. The molecule has 4 rings (SSSR count). The number of nitro groups is 1. The van der Waals surface area contributed by atoms with Crippen molar-refractivity contribution in [3.05, 3.63) is 75.8 Å². The number of nitro benzene ring substituents is 1. The van der Waals surface area contributed by atoms with Crippen LogP contribution in [0.5, 0.6) is 0 Å². The zero-order valence-corrected chi connectivity index (χ0v) is 19.8. The number of carbonyl (C=O) groups excluding carboxylic acids is 2. The number of hydrogen-bond donors (Lipinski definition) is 0. The molecule has 0 bridgehead atoms. The van der Waals surface area contributed by atoms with Gasteiger partial charge in [0.1, 0.15) is 10.8 Å². The number of thioether (sulfide) groups is 1. The van der Waals surface area contributed by atoms with Gasteiger partial charge in [-0.2, -0.15) is 0 Å². The Labute approximate surface area is 205 Å². The van der Waals surface area contributed by atoms with Gasteiger partial charge in [0.25, 0.3) is 11.6 Å². The first kappa shape index (κ1) is 24.2. The summed E-state index contributed by atoms with van der Waals surface area (Å²) in [5, 5.41) is 15.2. The highest BCUT2D eigenvalue weighted by Gasteiger charge is 2.23. The Morgan fingerprint density at radius 3 is 2.57 bits per heavy atom. The summed E-state index contributed by atoms with van der Waals surface area (Å²) in [7, 11) is 0. The van der Waals surface area contributed by atoms with E-state index in [0.29, 0.717) is 42.7 Å². The van der Waals surface area contributed by atoms with Crippen molar-refractivity contribution in [2.75, 3.05) is 37.7 Å². The van der Waals surface area contributed by atoms with Crippen molar-refractivity contribution in [1.29, 1.82) is 0 Å². The van der Waals surface area contributed by atoms with Crippen LogP contribution in [0.1, 0.15) is 21.8 Å². The molecule has 1 amide bonds. The lowest BCUT2D eigenvalue weighted by Crippen LogP contribution is -2.49. The Balaban J connectivity index is 1.27. The molecule has 0 saturated carbocycles. The molecule has 0 radical (unpaired) electrons. The van der Waals surface area contributed by atoms with Crippen LogP contribution in [0.4, 0.5) is 11.4 Å². The van der Waals surface area contributed by atoms with E-state index < -0.39 is 10.9 Å². The number of aryl methyl sites for hydroxylation is 1. The first-order chi connectivity index (χ1) is 16.9. The molecule has 0 aliphatic carbocycles. The van der Waals surface area contributed by atoms with Gasteiger partial charge >= 0.3 is 5.97 Å². The Morgan fingerprint density at radius 2 is 1.91 bits per heavy atom. The average Bonchev–Trinajstić information content (AvgIpc) is 3.31. The minimum absolute atomic E-state index is 0.0350. The number of piperazine rings is 1. The number of esters is 1. The molecular formula is C23H23N5O6S. The van der Waals surface area contributed by atoms with Crippen LogP contribution in [-0.4, -0.2) is 64.6 Å². The molecule has 1 aliphatic heterocycles. The molecule has 0 spiro atoms. The number of hydrogen-bond acceptors (Lipinski definition) is 10. The van der Waals surface area contributed by atoms with Crippen molar-refractivity contribution >= 4 is 35.0 Å². The third-order valence-electron chi connectivity index (χ3n) is 5.41. The number of benzene rings is 1. The predicted octanol–water partition coefficient (Wildman–Crippen LogP) is 3.08. The van der Waals surface area contributed by atoms with E-state index in [2.05, 4.69) is 15.0 Å². The maximum atomic E-state index is 12.6. The van der Waals surface area contributed by atoms with Gasteiger partial charge in [-0.3, -0.25) is 14.9 Å². The summed E-state index contributed by atoms with van der Waals surface area (Å²) in [5.74, 6) is 0.285. The second-order valence-electron chi connectivity index (χ2n) is 7.79.